The highest BCUT2D eigenvalue weighted by molar-refractivity contribution is 5.35. The van der Waals surface area contributed by atoms with Gasteiger partial charge in [0.25, 0.3) is 0 Å². The molecule has 5 nitrogen and oxygen atoms in total. The van der Waals surface area contributed by atoms with E-state index in [-0.39, 0.29) is 5.60 Å². The van der Waals surface area contributed by atoms with Gasteiger partial charge in [0, 0.05) is 19.9 Å². The molecule has 1 aromatic rings. The molecule has 3 N–H and O–H groups in total. The van der Waals surface area contributed by atoms with Gasteiger partial charge in [-0.1, -0.05) is 0 Å². The Hall–Kier alpha value is -1.36. The van der Waals surface area contributed by atoms with Gasteiger partial charge in [0.05, 0.1) is 5.60 Å². The maximum atomic E-state index is 5.55. The average molecular weight is 208 g/mol. The molecule has 0 bridgehead atoms. The number of nitrogens with one attached hydrogen (secondary N) is 1. The van der Waals surface area contributed by atoms with Gasteiger partial charge in [-0.25, -0.2) is 4.98 Å². The summed E-state index contributed by atoms with van der Waals surface area (Å²) in [6.45, 7) is 0.743. The smallest absolute Gasteiger partial charge is 0.224 e. The number of ether oxygens (including phenoxy) is 1. The number of nitrogens with zero attached hydrogens (tertiary/aromatic N) is 2. The topological polar surface area (TPSA) is 73.1 Å². The molecule has 0 atom stereocenters. The summed E-state index contributed by atoms with van der Waals surface area (Å²) < 4.78 is 5.48. The van der Waals surface area contributed by atoms with Crippen LogP contribution in [0.25, 0.3) is 0 Å². The van der Waals surface area contributed by atoms with Crippen LogP contribution in [-0.4, -0.2) is 29.2 Å². The Morgan fingerprint density at radius 3 is 2.93 bits per heavy atom. The molecule has 5 heteroatoms. The van der Waals surface area contributed by atoms with Gasteiger partial charge in [-0.05, 0) is 25.3 Å². The number of nitrogen functional groups attached to an aromatic ring is 1. The minimum atomic E-state index is -0.0199. The molecule has 0 radical (unpaired) electrons. The van der Waals surface area contributed by atoms with E-state index >= 15 is 0 Å². The Morgan fingerprint density at radius 2 is 2.40 bits per heavy atom. The van der Waals surface area contributed by atoms with E-state index in [9.17, 15) is 0 Å². The fourth-order valence-corrected chi connectivity index (χ4v) is 1.72. The van der Waals surface area contributed by atoms with Crippen molar-refractivity contribution >= 4 is 11.8 Å². The van der Waals surface area contributed by atoms with Gasteiger partial charge in [-0.3, -0.25) is 0 Å². The lowest BCUT2D eigenvalue weighted by molar-refractivity contribution is -0.0602. The van der Waals surface area contributed by atoms with Crippen molar-refractivity contribution in [3.8, 4) is 0 Å². The highest BCUT2D eigenvalue weighted by Crippen LogP contribution is 2.34. The van der Waals surface area contributed by atoms with Crippen molar-refractivity contribution in [2.75, 3.05) is 24.7 Å². The van der Waals surface area contributed by atoms with Crippen molar-refractivity contribution in [3.05, 3.63) is 12.3 Å². The van der Waals surface area contributed by atoms with E-state index in [1.54, 1.807) is 19.4 Å². The molecule has 0 spiro atoms. The molecule has 1 saturated carbocycles. The van der Waals surface area contributed by atoms with Crippen molar-refractivity contribution in [1.29, 1.82) is 0 Å². The molecule has 1 aromatic heterocycles. The zero-order valence-corrected chi connectivity index (χ0v) is 8.86. The first-order valence-corrected chi connectivity index (χ1v) is 5.12. The van der Waals surface area contributed by atoms with Gasteiger partial charge in [0.1, 0.15) is 5.82 Å². The first-order valence-electron chi connectivity index (χ1n) is 5.12. The lowest BCUT2D eigenvalue weighted by atomic mass is 9.80. The molecule has 1 heterocycles. The van der Waals surface area contributed by atoms with Crippen molar-refractivity contribution in [3.63, 3.8) is 0 Å². The maximum absolute atomic E-state index is 5.55. The largest absolute Gasteiger partial charge is 0.384 e. The van der Waals surface area contributed by atoms with E-state index in [1.807, 2.05) is 0 Å². The summed E-state index contributed by atoms with van der Waals surface area (Å²) in [5, 5.41) is 3.15. The minimum absolute atomic E-state index is 0.0199. The average Bonchev–Trinajstić information content (AvgIpc) is 2.17. The molecular weight excluding hydrogens is 192 g/mol. The number of anilines is 2. The van der Waals surface area contributed by atoms with Crippen LogP contribution in [-0.2, 0) is 4.74 Å². The second-order valence-corrected chi connectivity index (χ2v) is 3.90. The molecular formula is C10H16N4O. The number of aromatic nitrogens is 2. The quantitative estimate of drug-likeness (QED) is 0.773. The van der Waals surface area contributed by atoms with E-state index in [4.69, 9.17) is 10.5 Å². The normalized spacial score (nSPS) is 18.2. The summed E-state index contributed by atoms with van der Waals surface area (Å²) in [6.07, 6.45) is 5.07. The summed E-state index contributed by atoms with van der Waals surface area (Å²) in [7, 11) is 1.75. The van der Waals surface area contributed by atoms with Crippen LogP contribution < -0.4 is 11.1 Å². The van der Waals surface area contributed by atoms with Gasteiger partial charge in [0.15, 0.2) is 0 Å². The van der Waals surface area contributed by atoms with Crippen molar-refractivity contribution < 1.29 is 4.74 Å². The SMILES string of the molecule is COC1(CNc2nccc(N)n2)CCC1. The first-order chi connectivity index (χ1) is 7.24. The van der Waals surface area contributed by atoms with Crippen LogP contribution in [0.3, 0.4) is 0 Å². The predicted molar refractivity (Wildman–Crippen MR) is 58.5 cm³/mol. The van der Waals surface area contributed by atoms with Crippen molar-refractivity contribution in [2.24, 2.45) is 0 Å². The van der Waals surface area contributed by atoms with Crippen molar-refractivity contribution in [2.45, 2.75) is 24.9 Å². The number of nitrogens with two attached hydrogens (primary N) is 1. The highest BCUT2D eigenvalue weighted by atomic mass is 16.5. The summed E-state index contributed by atoms with van der Waals surface area (Å²) in [4.78, 5) is 8.15. The third kappa shape index (κ3) is 2.18. The second kappa shape index (κ2) is 4.02. The van der Waals surface area contributed by atoms with Crippen LogP contribution in [0.1, 0.15) is 19.3 Å². The van der Waals surface area contributed by atoms with Crippen LogP contribution >= 0.6 is 0 Å². The van der Waals surface area contributed by atoms with E-state index in [2.05, 4.69) is 15.3 Å². The number of methoxy groups -OCH3 is 1. The molecule has 1 fully saturated rings. The molecule has 0 unspecified atom stereocenters. The van der Waals surface area contributed by atoms with Gasteiger partial charge in [0.2, 0.25) is 5.95 Å². The Balaban J connectivity index is 1.92. The zero-order valence-electron chi connectivity index (χ0n) is 8.86. The first kappa shape index (κ1) is 10.2. The highest BCUT2D eigenvalue weighted by Gasteiger charge is 2.36. The third-order valence-corrected chi connectivity index (χ3v) is 2.94. The maximum Gasteiger partial charge on any atom is 0.224 e. The van der Waals surface area contributed by atoms with E-state index in [1.165, 1.54) is 6.42 Å². The zero-order chi connectivity index (χ0) is 10.7. The molecule has 0 aromatic carbocycles. The molecule has 82 valence electrons. The summed E-state index contributed by atoms with van der Waals surface area (Å²) in [6, 6.07) is 1.67. The lowest BCUT2D eigenvalue weighted by Crippen LogP contribution is -2.45. The van der Waals surface area contributed by atoms with Crippen LogP contribution in [0.15, 0.2) is 12.3 Å². The minimum Gasteiger partial charge on any atom is -0.384 e. The fraction of sp³-hybridized carbons (Fsp3) is 0.600. The van der Waals surface area contributed by atoms with Gasteiger partial charge >= 0.3 is 0 Å². The summed E-state index contributed by atoms with van der Waals surface area (Å²) in [5.41, 5.74) is 5.53. The van der Waals surface area contributed by atoms with Crippen LogP contribution in [0.2, 0.25) is 0 Å². The summed E-state index contributed by atoms with van der Waals surface area (Å²) in [5.74, 6) is 1.05. The molecule has 0 aliphatic heterocycles. The fourth-order valence-electron chi connectivity index (χ4n) is 1.72. The van der Waals surface area contributed by atoms with E-state index in [0.717, 1.165) is 19.4 Å². The molecule has 1 aliphatic carbocycles. The van der Waals surface area contributed by atoms with Gasteiger partial charge < -0.3 is 15.8 Å². The molecule has 2 rings (SSSR count). The van der Waals surface area contributed by atoms with Crippen LogP contribution in [0, 0.1) is 0 Å². The lowest BCUT2D eigenvalue weighted by Gasteiger charge is -2.40. The Morgan fingerprint density at radius 1 is 1.60 bits per heavy atom. The third-order valence-electron chi connectivity index (χ3n) is 2.94. The molecule has 0 amide bonds. The number of hydrogen-bond acceptors (Lipinski definition) is 5. The van der Waals surface area contributed by atoms with Crippen LogP contribution in [0.5, 0.6) is 0 Å². The predicted octanol–water partition coefficient (Wildman–Crippen LogP) is 1.04. The standard InChI is InChI=1S/C10H16N4O/c1-15-10(4-2-5-10)7-13-9-12-6-3-8(11)14-9/h3,6H,2,4-5,7H2,1H3,(H3,11,12,13,14). The Bertz CT molecular complexity index is 332. The Kier molecular flexibility index (Phi) is 2.73. The molecule has 1 aliphatic rings. The van der Waals surface area contributed by atoms with Crippen molar-refractivity contribution in [1.82, 2.24) is 9.97 Å². The molecule has 15 heavy (non-hydrogen) atoms. The summed E-state index contributed by atoms with van der Waals surface area (Å²) >= 11 is 0. The Labute approximate surface area is 89.1 Å². The monoisotopic (exact) mass is 208 g/mol. The second-order valence-electron chi connectivity index (χ2n) is 3.90. The van der Waals surface area contributed by atoms with E-state index in [0.29, 0.717) is 11.8 Å². The molecule has 0 saturated heterocycles. The number of hydrogen-bond donors (Lipinski definition) is 2. The number of rotatable bonds is 4. The van der Waals surface area contributed by atoms with E-state index < -0.39 is 0 Å². The van der Waals surface area contributed by atoms with Crippen LogP contribution in [0.4, 0.5) is 11.8 Å². The van der Waals surface area contributed by atoms with Gasteiger partial charge in [-0.2, -0.15) is 4.98 Å². The van der Waals surface area contributed by atoms with Gasteiger partial charge in [-0.15, -0.1) is 0 Å².